The monoisotopic (exact) mass is 231 g/mol. The Morgan fingerprint density at radius 1 is 1.29 bits per heavy atom. The zero-order valence-electron chi connectivity index (χ0n) is 9.46. The van der Waals surface area contributed by atoms with Crippen molar-refractivity contribution >= 4 is 0 Å². The van der Waals surface area contributed by atoms with Gasteiger partial charge in [0.25, 0.3) is 5.56 Å². The van der Waals surface area contributed by atoms with Crippen molar-refractivity contribution in [1.29, 1.82) is 0 Å². The molecule has 1 N–H and O–H groups in total. The van der Waals surface area contributed by atoms with E-state index in [1.54, 1.807) is 0 Å². The minimum Gasteiger partial charge on any atom is -0.271 e. The quantitative estimate of drug-likeness (QED) is 0.847. The van der Waals surface area contributed by atoms with Crippen LogP contribution in [0.1, 0.15) is 18.5 Å². The van der Waals surface area contributed by atoms with Crippen LogP contribution in [0.15, 0.2) is 46.1 Å². The third-order valence-corrected chi connectivity index (χ3v) is 2.53. The summed E-state index contributed by atoms with van der Waals surface area (Å²) in [5.74, 6) is 0. The highest BCUT2D eigenvalue weighted by Gasteiger charge is 2.08. The van der Waals surface area contributed by atoms with Gasteiger partial charge in [-0.15, -0.1) is 0 Å². The van der Waals surface area contributed by atoms with Crippen LogP contribution in [0.25, 0.3) is 0 Å². The number of hydrogen-bond acceptors (Lipinski definition) is 3. The standard InChI is InChI=1S/C12H13N3O2/c1-9(7-10-5-3-2-4-6-10)15-12(17)14-11(16)8-13-15/h2-6,8-9H,7H2,1H3,(H,14,16,17). The highest BCUT2D eigenvalue weighted by atomic mass is 16.2. The predicted octanol–water partition coefficient (Wildman–Crippen LogP) is 0.735. The first kappa shape index (κ1) is 11.3. The molecule has 1 atom stereocenters. The fourth-order valence-corrected chi connectivity index (χ4v) is 1.72. The number of rotatable bonds is 3. The fourth-order valence-electron chi connectivity index (χ4n) is 1.72. The van der Waals surface area contributed by atoms with Crippen LogP contribution < -0.4 is 11.2 Å². The van der Waals surface area contributed by atoms with E-state index in [0.29, 0.717) is 6.42 Å². The van der Waals surface area contributed by atoms with Gasteiger partial charge in [0.1, 0.15) is 6.20 Å². The zero-order valence-corrected chi connectivity index (χ0v) is 9.46. The molecule has 0 spiro atoms. The van der Waals surface area contributed by atoms with Crippen LogP contribution in [0, 0.1) is 0 Å². The Balaban J connectivity index is 2.23. The number of hydrogen-bond donors (Lipinski definition) is 1. The Morgan fingerprint density at radius 3 is 2.65 bits per heavy atom. The van der Waals surface area contributed by atoms with Crippen molar-refractivity contribution in [2.24, 2.45) is 0 Å². The van der Waals surface area contributed by atoms with E-state index in [1.165, 1.54) is 4.68 Å². The molecule has 0 amide bonds. The summed E-state index contributed by atoms with van der Waals surface area (Å²) in [6.45, 7) is 1.89. The molecule has 2 rings (SSSR count). The molecule has 2 aromatic rings. The lowest BCUT2D eigenvalue weighted by molar-refractivity contribution is 0.450. The zero-order chi connectivity index (χ0) is 12.3. The molecule has 17 heavy (non-hydrogen) atoms. The van der Waals surface area contributed by atoms with Crippen molar-refractivity contribution in [3.63, 3.8) is 0 Å². The van der Waals surface area contributed by atoms with Crippen molar-refractivity contribution < 1.29 is 0 Å². The van der Waals surface area contributed by atoms with Gasteiger partial charge in [-0.25, -0.2) is 9.48 Å². The molecular formula is C12H13N3O2. The molecule has 1 aromatic heterocycles. The van der Waals surface area contributed by atoms with E-state index in [1.807, 2.05) is 37.3 Å². The second-order valence-corrected chi connectivity index (χ2v) is 3.92. The number of benzene rings is 1. The number of nitrogens with zero attached hydrogens (tertiary/aromatic N) is 2. The molecule has 0 aliphatic carbocycles. The maximum atomic E-state index is 11.5. The maximum absolute atomic E-state index is 11.5. The van der Waals surface area contributed by atoms with Crippen LogP contribution >= 0.6 is 0 Å². The summed E-state index contributed by atoms with van der Waals surface area (Å²) in [4.78, 5) is 24.6. The van der Waals surface area contributed by atoms with Gasteiger partial charge in [0.15, 0.2) is 0 Å². The smallest absolute Gasteiger partial charge is 0.271 e. The molecule has 1 unspecified atom stereocenters. The summed E-state index contributed by atoms with van der Waals surface area (Å²) in [6, 6.07) is 9.73. The lowest BCUT2D eigenvalue weighted by Gasteiger charge is -2.12. The van der Waals surface area contributed by atoms with Gasteiger partial charge in [-0.3, -0.25) is 9.78 Å². The molecule has 0 bridgehead atoms. The lowest BCUT2D eigenvalue weighted by Crippen LogP contribution is -2.34. The van der Waals surface area contributed by atoms with E-state index in [9.17, 15) is 9.59 Å². The lowest BCUT2D eigenvalue weighted by atomic mass is 10.1. The van der Waals surface area contributed by atoms with E-state index in [0.717, 1.165) is 11.8 Å². The molecule has 0 aliphatic heterocycles. The summed E-state index contributed by atoms with van der Waals surface area (Å²) in [7, 11) is 0. The van der Waals surface area contributed by atoms with E-state index in [-0.39, 0.29) is 6.04 Å². The average Bonchev–Trinajstić information content (AvgIpc) is 2.30. The van der Waals surface area contributed by atoms with Gasteiger partial charge in [0.2, 0.25) is 0 Å². The van der Waals surface area contributed by atoms with Crippen LogP contribution in [0.2, 0.25) is 0 Å². The van der Waals surface area contributed by atoms with E-state index in [4.69, 9.17) is 0 Å². The highest BCUT2D eigenvalue weighted by molar-refractivity contribution is 5.15. The molecule has 0 saturated heterocycles. The topological polar surface area (TPSA) is 67.8 Å². The summed E-state index contributed by atoms with van der Waals surface area (Å²) >= 11 is 0. The molecule has 5 nitrogen and oxygen atoms in total. The van der Waals surface area contributed by atoms with Crippen LogP contribution in [-0.4, -0.2) is 14.8 Å². The molecule has 1 aromatic carbocycles. The minimum atomic E-state index is -0.474. The number of H-pyrrole nitrogens is 1. The Kier molecular flexibility index (Phi) is 3.18. The average molecular weight is 231 g/mol. The van der Waals surface area contributed by atoms with Gasteiger partial charge in [-0.2, -0.15) is 5.10 Å². The Hall–Kier alpha value is -2.17. The summed E-state index contributed by atoms with van der Waals surface area (Å²) in [6.07, 6.45) is 1.81. The van der Waals surface area contributed by atoms with Crippen molar-refractivity contribution in [3.8, 4) is 0 Å². The molecule has 1 heterocycles. The van der Waals surface area contributed by atoms with Crippen LogP contribution in [0.5, 0.6) is 0 Å². The predicted molar refractivity (Wildman–Crippen MR) is 64.0 cm³/mol. The first-order valence-corrected chi connectivity index (χ1v) is 5.39. The largest absolute Gasteiger partial charge is 0.345 e. The van der Waals surface area contributed by atoms with Gasteiger partial charge in [-0.1, -0.05) is 30.3 Å². The van der Waals surface area contributed by atoms with Gasteiger partial charge in [-0.05, 0) is 18.9 Å². The third kappa shape index (κ3) is 2.69. The fraction of sp³-hybridized carbons (Fsp3) is 0.250. The Bertz CT molecular complexity index is 601. The summed E-state index contributed by atoms with van der Waals surface area (Å²) in [5, 5.41) is 3.83. The second kappa shape index (κ2) is 4.78. The normalized spacial score (nSPS) is 12.3. The molecule has 0 saturated carbocycles. The number of aromatic amines is 1. The van der Waals surface area contributed by atoms with Crippen molar-refractivity contribution in [3.05, 3.63) is 62.9 Å². The van der Waals surface area contributed by atoms with E-state index < -0.39 is 11.2 Å². The van der Waals surface area contributed by atoms with Crippen molar-refractivity contribution in [2.45, 2.75) is 19.4 Å². The molecule has 88 valence electrons. The summed E-state index contributed by atoms with van der Waals surface area (Å²) in [5.41, 5.74) is 0.180. The summed E-state index contributed by atoms with van der Waals surface area (Å²) < 4.78 is 1.29. The van der Waals surface area contributed by atoms with Crippen molar-refractivity contribution in [1.82, 2.24) is 14.8 Å². The number of aromatic nitrogens is 3. The number of nitrogens with one attached hydrogen (secondary N) is 1. The molecule has 0 radical (unpaired) electrons. The van der Waals surface area contributed by atoms with Gasteiger partial charge < -0.3 is 0 Å². The second-order valence-electron chi connectivity index (χ2n) is 3.92. The van der Waals surface area contributed by atoms with Crippen LogP contribution in [-0.2, 0) is 6.42 Å². The van der Waals surface area contributed by atoms with Crippen LogP contribution in [0.3, 0.4) is 0 Å². The molecule has 0 aliphatic rings. The van der Waals surface area contributed by atoms with Gasteiger partial charge in [0.05, 0.1) is 6.04 Å². The van der Waals surface area contributed by atoms with E-state index >= 15 is 0 Å². The Labute approximate surface area is 97.7 Å². The molecule has 0 fully saturated rings. The van der Waals surface area contributed by atoms with Crippen molar-refractivity contribution in [2.75, 3.05) is 0 Å². The van der Waals surface area contributed by atoms with Crippen LogP contribution in [0.4, 0.5) is 0 Å². The van der Waals surface area contributed by atoms with Gasteiger partial charge in [0, 0.05) is 0 Å². The van der Waals surface area contributed by atoms with Gasteiger partial charge >= 0.3 is 5.69 Å². The first-order valence-electron chi connectivity index (χ1n) is 5.39. The van der Waals surface area contributed by atoms with E-state index in [2.05, 4.69) is 10.1 Å². The SMILES string of the molecule is CC(Cc1ccccc1)n1ncc(=O)[nH]c1=O. The third-order valence-electron chi connectivity index (χ3n) is 2.53. The molecular weight excluding hydrogens is 218 g/mol. The Morgan fingerprint density at radius 2 is 2.00 bits per heavy atom. The maximum Gasteiger partial charge on any atom is 0.345 e. The highest BCUT2D eigenvalue weighted by Crippen LogP contribution is 2.09. The molecule has 5 heteroatoms. The minimum absolute atomic E-state index is 0.0956. The first-order chi connectivity index (χ1) is 8.16.